The van der Waals surface area contributed by atoms with Crippen molar-refractivity contribution in [2.45, 2.75) is 19.5 Å². The predicted octanol–water partition coefficient (Wildman–Crippen LogP) is 2.97. The molecule has 1 aliphatic rings. The SMILES string of the molecule is CC(C)(F)c1cc2c(c(-c3cc(C(=O)O)no3)c1)OCO2. The molecule has 3 rings (SSSR count). The van der Waals surface area contributed by atoms with E-state index in [9.17, 15) is 9.18 Å². The maximum absolute atomic E-state index is 14.2. The topological polar surface area (TPSA) is 81.8 Å². The van der Waals surface area contributed by atoms with E-state index in [-0.39, 0.29) is 18.2 Å². The number of hydrogen-bond acceptors (Lipinski definition) is 5. The highest BCUT2D eigenvalue weighted by Crippen LogP contribution is 2.45. The molecule has 0 aliphatic carbocycles. The van der Waals surface area contributed by atoms with Crippen LogP contribution in [-0.4, -0.2) is 23.0 Å². The second-order valence-corrected chi connectivity index (χ2v) is 5.11. The number of carbonyl (C=O) groups is 1. The van der Waals surface area contributed by atoms with Gasteiger partial charge in [-0.25, -0.2) is 9.18 Å². The average molecular weight is 293 g/mol. The second kappa shape index (κ2) is 4.47. The van der Waals surface area contributed by atoms with Crippen molar-refractivity contribution in [2.75, 3.05) is 6.79 Å². The molecule has 1 aromatic carbocycles. The monoisotopic (exact) mass is 293 g/mol. The zero-order chi connectivity index (χ0) is 15.2. The molecular formula is C14H12FNO5. The summed E-state index contributed by atoms with van der Waals surface area (Å²) in [6.45, 7) is 2.84. The Morgan fingerprint density at radius 3 is 2.71 bits per heavy atom. The molecule has 0 atom stereocenters. The molecule has 7 heteroatoms. The molecule has 2 aromatic rings. The first-order valence-electron chi connectivity index (χ1n) is 6.19. The third-order valence-electron chi connectivity index (χ3n) is 3.15. The van der Waals surface area contributed by atoms with Crippen molar-refractivity contribution in [3.8, 4) is 22.8 Å². The van der Waals surface area contributed by atoms with Gasteiger partial charge in [-0.15, -0.1) is 0 Å². The predicted molar refractivity (Wildman–Crippen MR) is 69.2 cm³/mol. The average Bonchev–Trinajstić information content (AvgIpc) is 3.05. The number of nitrogens with zero attached hydrogens (tertiary/aromatic N) is 1. The Bertz CT molecular complexity index is 717. The van der Waals surface area contributed by atoms with E-state index in [0.717, 1.165) is 0 Å². The number of ether oxygens (including phenoxy) is 2. The Morgan fingerprint density at radius 2 is 2.10 bits per heavy atom. The van der Waals surface area contributed by atoms with Crippen LogP contribution >= 0.6 is 0 Å². The molecule has 0 saturated carbocycles. The van der Waals surface area contributed by atoms with Gasteiger partial charge in [0.25, 0.3) is 0 Å². The van der Waals surface area contributed by atoms with Crippen molar-refractivity contribution >= 4 is 5.97 Å². The summed E-state index contributed by atoms with van der Waals surface area (Å²) < 4.78 is 29.8. The summed E-state index contributed by atoms with van der Waals surface area (Å²) in [4.78, 5) is 10.9. The molecule has 1 aliphatic heterocycles. The summed E-state index contributed by atoms with van der Waals surface area (Å²) in [6, 6.07) is 4.36. The lowest BCUT2D eigenvalue weighted by Gasteiger charge is -2.16. The standard InChI is InChI=1S/C14H12FNO5/c1-14(2,15)7-3-8(12-11(4-7)19-6-20-12)10-5-9(13(17)18)16-21-10/h3-5H,6H2,1-2H3,(H,17,18). The van der Waals surface area contributed by atoms with Crippen LogP contribution in [0.25, 0.3) is 11.3 Å². The van der Waals surface area contributed by atoms with E-state index in [2.05, 4.69) is 5.16 Å². The lowest BCUT2D eigenvalue weighted by molar-refractivity contribution is 0.0686. The van der Waals surface area contributed by atoms with Crippen molar-refractivity contribution in [3.05, 3.63) is 29.5 Å². The van der Waals surface area contributed by atoms with Gasteiger partial charge in [-0.1, -0.05) is 5.16 Å². The van der Waals surface area contributed by atoms with Gasteiger partial charge in [0.1, 0.15) is 5.67 Å². The van der Waals surface area contributed by atoms with Gasteiger partial charge in [0.15, 0.2) is 23.0 Å². The van der Waals surface area contributed by atoms with Crippen molar-refractivity contribution in [3.63, 3.8) is 0 Å². The molecule has 110 valence electrons. The maximum Gasteiger partial charge on any atom is 0.358 e. The molecular weight excluding hydrogens is 281 g/mol. The number of fused-ring (bicyclic) bond motifs is 1. The van der Waals surface area contributed by atoms with Crippen LogP contribution in [0.3, 0.4) is 0 Å². The lowest BCUT2D eigenvalue weighted by Crippen LogP contribution is -2.09. The third-order valence-corrected chi connectivity index (χ3v) is 3.15. The van der Waals surface area contributed by atoms with Crippen LogP contribution in [-0.2, 0) is 5.67 Å². The number of aromatic carboxylic acids is 1. The molecule has 2 heterocycles. The van der Waals surface area contributed by atoms with E-state index >= 15 is 0 Å². The van der Waals surface area contributed by atoms with Gasteiger partial charge < -0.3 is 19.1 Å². The molecule has 1 aromatic heterocycles. The first-order chi connectivity index (χ1) is 9.86. The Balaban J connectivity index is 2.16. The van der Waals surface area contributed by atoms with Crippen molar-refractivity contribution in [1.82, 2.24) is 5.16 Å². The van der Waals surface area contributed by atoms with E-state index in [0.29, 0.717) is 22.6 Å². The molecule has 21 heavy (non-hydrogen) atoms. The second-order valence-electron chi connectivity index (χ2n) is 5.11. The highest BCUT2D eigenvalue weighted by Gasteiger charge is 2.28. The largest absolute Gasteiger partial charge is 0.476 e. The summed E-state index contributed by atoms with van der Waals surface area (Å²) in [5.74, 6) is -0.251. The maximum atomic E-state index is 14.2. The van der Waals surface area contributed by atoms with Crippen LogP contribution in [0, 0.1) is 0 Å². The molecule has 0 spiro atoms. The van der Waals surface area contributed by atoms with Crippen LogP contribution in [0.4, 0.5) is 4.39 Å². The zero-order valence-corrected chi connectivity index (χ0v) is 11.3. The summed E-state index contributed by atoms with van der Waals surface area (Å²) in [5.41, 5.74) is -1.05. The van der Waals surface area contributed by atoms with Crippen LogP contribution < -0.4 is 9.47 Å². The molecule has 0 bridgehead atoms. The summed E-state index contributed by atoms with van der Waals surface area (Å²) in [7, 11) is 0. The van der Waals surface area contributed by atoms with Gasteiger partial charge in [0.05, 0.1) is 5.56 Å². The highest BCUT2D eigenvalue weighted by atomic mass is 19.1. The fourth-order valence-corrected chi connectivity index (χ4v) is 2.04. The van der Waals surface area contributed by atoms with E-state index in [1.165, 1.54) is 19.9 Å². The number of carboxylic acid groups (broad SMARTS) is 1. The minimum Gasteiger partial charge on any atom is -0.476 e. The summed E-state index contributed by atoms with van der Waals surface area (Å²) >= 11 is 0. The zero-order valence-electron chi connectivity index (χ0n) is 11.3. The van der Waals surface area contributed by atoms with Crippen molar-refractivity contribution in [1.29, 1.82) is 0 Å². The highest BCUT2D eigenvalue weighted by molar-refractivity contribution is 5.87. The van der Waals surface area contributed by atoms with Gasteiger partial charge in [-0.2, -0.15) is 0 Å². The fourth-order valence-electron chi connectivity index (χ4n) is 2.04. The Hall–Kier alpha value is -2.57. The minimum atomic E-state index is -1.59. The summed E-state index contributed by atoms with van der Waals surface area (Å²) in [6.07, 6.45) is 0. The molecule has 0 fully saturated rings. The minimum absolute atomic E-state index is 0.0123. The Labute approximate surface area is 119 Å². The molecule has 0 unspecified atom stereocenters. The number of halogens is 1. The first kappa shape index (κ1) is 13.4. The number of rotatable bonds is 3. The van der Waals surface area contributed by atoms with Crippen molar-refractivity contribution in [2.24, 2.45) is 0 Å². The van der Waals surface area contributed by atoms with Crippen LogP contribution in [0.15, 0.2) is 22.7 Å². The molecule has 0 radical (unpaired) electrons. The third kappa shape index (κ3) is 2.31. The van der Waals surface area contributed by atoms with Gasteiger partial charge >= 0.3 is 5.97 Å². The van der Waals surface area contributed by atoms with Gasteiger partial charge in [0, 0.05) is 6.07 Å². The lowest BCUT2D eigenvalue weighted by atomic mass is 9.96. The molecule has 0 amide bonds. The normalized spacial score (nSPS) is 13.5. The van der Waals surface area contributed by atoms with Crippen LogP contribution in [0.2, 0.25) is 0 Å². The number of carboxylic acids is 1. The van der Waals surface area contributed by atoms with Crippen molar-refractivity contribution < 1.29 is 28.3 Å². The quantitative estimate of drug-likeness (QED) is 0.936. The van der Waals surface area contributed by atoms with Gasteiger partial charge in [-0.3, -0.25) is 0 Å². The number of alkyl halides is 1. The van der Waals surface area contributed by atoms with E-state index < -0.39 is 11.6 Å². The fraction of sp³-hybridized carbons (Fsp3) is 0.286. The van der Waals surface area contributed by atoms with Crippen LogP contribution in [0.1, 0.15) is 29.9 Å². The molecule has 0 saturated heterocycles. The first-order valence-corrected chi connectivity index (χ1v) is 6.19. The molecule has 1 N–H and O–H groups in total. The molecule has 6 nitrogen and oxygen atoms in total. The van der Waals surface area contributed by atoms with E-state index in [1.807, 2.05) is 0 Å². The van der Waals surface area contributed by atoms with Gasteiger partial charge in [-0.05, 0) is 31.5 Å². The number of aromatic nitrogens is 1. The Morgan fingerprint density at radius 1 is 1.33 bits per heavy atom. The van der Waals surface area contributed by atoms with E-state index in [4.69, 9.17) is 19.1 Å². The summed E-state index contributed by atoms with van der Waals surface area (Å²) in [5, 5.41) is 12.3. The smallest absolute Gasteiger partial charge is 0.358 e. The number of benzene rings is 1. The number of hydrogen-bond donors (Lipinski definition) is 1. The Kier molecular flexibility index (Phi) is 2.86. The van der Waals surface area contributed by atoms with E-state index in [1.54, 1.807) is 12.1 Å². The van der Waals surface area contributed by atoms with Gasteiger partial charge in [0.2, 0.25) is 6.79 Å². The van der Waals surface area contributed by atoms with Crippen LogP contribution in [0.5, 0.6) is 11.5 Å².